The van der Waals surface area contributed by atoms with Gasteiger partial charge in [0.15, 0.2) is 0 Å². The van der Waals surface area contributed by atoms with Crippen LogP contribution in [-0.4, -0.2) is 42.6 Å². The number of nitrogens with zero attached hydrogens (tertiary/aromatic N) is 1. The van der Waals surface area contributed by atoms with Gasteiger partial charge >= 0.3 is 5.97 Å². The largest absolute Gasteiger partial charge is 0.464 e. The van der Waals surface area contributed by atoms with E-state index in [-0.39, 0.29) is 11.4 Å². The highest BCUT2D eigenvalue weighted by atomic mass is 16.5. The van der Waals surface area contributed by atoms with Crippen molar-refractivity contribution in [2.45, 2.75) is 46.5 Å². The van der Waals surface area contributed by atoms with E-state index >= 15 is 0 Å². The number of hydrogen-bond donors (Lipinski definition) is 0. The molecule has 0 radical (unpaired) electrons. The Morgan fingerprint density at radius 3 is 2.25 bits per heavy atom. The number of likely N-dealkylation sites (N-methyl/N-ethyl adjacent to an activating group) is 1. The number of rotatable bonds is 9. The van der Waals surface area contributed by atoms with Crippen LogP contribution in [0.25, 0.3) is 0 Å². The van der Waals surface area contributed by atoms with Gasteiger partial charge in [0.05, 0.1) is 0 Å². The number of unbranched alkanes of at least 4 members (excludes halogenated alkanes) is 2. The normalized spacial score (nSPS) is 10.0. The summed E-state index contributed by atoms with van der Waals surface area (Å²) in [4.78, 5) is 13.5. The van der Waals surface area contributed by atoms with E-state index in [4.69, 9.17) is 4.74 Å². The maximum atomic E-state index is 11.2. The summed E-state index contributed by atoms with van der Waals surface area (Å²) in [7, 11) is 0. The number of ether oxygens (including phenoxy) is 1. The van der Waals surface area contributed by atoms with Gasteiger partial charge in [0, 0.05) is 13.0 Å². The van der Waals surface area contributed by atoms with Crippen LogP contribution in [0.4, 0.5) is 0 Å². The monoisotopic (exact) mass is 233 g/mol. The molecule has 0 amide bonds. The number of esters is 1. The highest BCUT2D eigenvalue weighted by molar-refractivity contribution is 5.69. The van der Waals surface area contributed by atoms with Crippen LogP contribution in [0.2, 0.25) is 0 Å². The van der Waals surface area contributed by atoms with Crippen molar-refractivity contribution >= 4 is 5.97 Å². The Labute approximate surface area is 99.3 Å². The average Bonchev–Trinajstić information content (AvgIpc) is 2.25. The minimum Gasteiger partial charge on any atom is -0.464 e. The second-order valence-corrected chi connectivity index (χ2v) is 3.70. The smallest absolute Gasteiger partial charge is 0.305 e. The Morgan fingerprint density at radius 1 is 1.12 bits per heavy atom. The lowest BCUT2D eigenvalue weighted by molar-refractivity contribution is -0.144. The number of carbonyl (C=O) groups is 1. The van der Waals surface area contributed by atoms with E-state index in [1.807, 2.05) is 0 Å². The summed E-state index contributed by atoms with van der Waals surface area (Å²) < 4.78 is 5.14. The zero-order chi connectivity index (χ0) is 11.5. The van der Waals surface area contributed by atoms with Gasteiger partial charge < -0.3 is 15.1 Å². The van der Waals surface area contributed by atoms with E-state index in [9.17, 15) is 4.79 Å². The van der Waals surface area contributed by atoms with Crippen molar-refractivity contribution < 1.29 is 15.0 Å². The molecule has 0 aromatic rings. The fourth-order valence-electron chi connectivity index (χ4n) is 1.42. The summed E-state index contributed by atoms with van der Waals surface area (Å²) in [5.41, 5.74) is 0. The highest BCUT2D eigenvalue weighted by Gasteiger charge is 2.03. The molecule has 0 aliphatic heterocycles. The van der Waals surface area contributed by atoms with Gasteiger partial charge in [-0.15, -0.1) is 0 Å². The second-order valence-electron chi connectivity index (χ2n) is 3.70. The standard InChI is InChI=1S/C12H25NO2.H2O/c1-4-7-8-9-12(14)15-11-10-13(5-2)6-3;/h4-11H2,1-3H3;1H2. The number of carbonyl (C=O) groups excluding carboxylic acids is 1. The molecule has 0 saturated carbocycles. The van der Waals surface area contributed by atoms with Gasteiger partial charge in [-0.2, -0.15) is 0 Å². The van der Waals surface area contributed by atoms with E-state index < -0.39 is 0 Å². The number of hydrogen-bond acceptors (Lipinski definition) is 3. The molecule has 0 aliphatic carbocycles. The molecule has 0 fully saturated rings. The molecule has 0 unspecified atom stereocenters. The maximum Gasteiger partial charge on any atom is 0.305 e. The van der Waals surface area contributed by atoms with Crippen LogP contribution in [0, 0.1) is 0 Å². The van der Waals surface area contributed by atoms with Gasteiger partial charge in [-0.25, -0.2) is 0 Å². The molecule has 0 saturated heterocycles. The highest BCUT2D eigenvalue weighted by Crippen LogP contribution is 2.00. The molecule has 0 aliphatic rings. The Bertz CT molecular complexity index is 158. The predicted octanol–water partition coefficient (Wildman–Crippen LogP) is 1.63. The third-order valence-corrected chi connectivity index (χ3v) is 2.55. The third-order valence-electron chi connectivity index (χ3n) is 2.55. The fraction of sp³-hybridized carbons (Fsp3) is 0.917. The fourth-order valence-corrected chi connectivity index (χ4v) is 1.42. The Morgan fingerprint density at radius 2 is 1.75 bits per heavy atom. The van der Waals surface area contributed by atoms with Gasteiger partial charge in [-0.3, -0.25) is 4.79 Å². The van der Waals surface area contributed by atoms with E-state index in [2.05, 4.69) is 25.7 Å². The molecule has 0 atom stereocenters. The van der Waals surface area contributed by atoms with Crippen molar-refractivity contribution in [2.24, 2.45) is 0 Å². The minimum atomic E-state index is -0.0457. The van der Waals surface area contributed by atoms with Crippen molar-refractivity contribution in [3.63, 3.8) is 0 Å². The topological polar surface area (TPSA) is 61.0 Å². The van der Waals surface area contributed by atoms with Gasteiger partial charge in [0.25, 0.3) is 0 Å². The van der Waals surface area contributed by atoms with Crippen LogP contribution in [0.1, 0.15) is 46.5 Å². The van der Waals surface area contributed by atoms with Gasteiger partial charge in [0.1, 0.15) is 6.61 Å². The molecule has 0 heterocycles. The van der Waals surface area contributed by atoms with Gasteiger partial charge in [0.2, 0.25) is 0 Å². The van der Waals surface area contributed by atoms with Crippen molar-refractivity contribution in [1.29, 1.82) is 0 Å². The molecular weight excluding hydrogens is 206 g/mol. The van der Waals surface area contributed by atoms with Crippen LogP contribution >= 0.6 is 0 Å². The van der Waals surface area contributed by atoms with Gasteiger partial charge in [-0.05, 0) is 19.5 Å². The lowest BCUT2D eigenvalue weighted by atomic mass is 10.2. The molecular formula is C12H27NO3. The predicted molar refractivity (Wildman–Crippen MR) is 66.5 cm³/mol. The average molecular weight is 233 g/mol. The quantitative estimate of drug-likeness (QED) is 0.449. The first-order valence-electron chi connectivity index (χ1n) is 6.12. The molecule has 0 rings (SSSR count). The molecule has 0 bridgehead atoms. The van der Waals surface area contributed by atoms with Crippen molar-refractivity contribution in [3.8, 4) is 0 Å². The van der Waals surface area contributed by atoms with Crippen LogP contribution < -0.4 is 0 Å². The summed E-state index contributed by atoms with van der Waals surface area (Å²) >= 11 is 0. The van der Waals surface area contributed by atoms with Crippen LogP contribution in [0.3, 0.4) is 0 Å². The van der Waals surface area contributed by atoms with E-state index in [1.165, 1.54) is 0 Å². The summed E-state index contributed by atoms with van der Waals surface area (Å²) in [5.74, 6) is -0.0457. The summed E-state index contributed by atoms with van der Waals surface area (Å²) in [6.07, 6.45) is 3.80. The van der Waals surface area contributed by atoms with Crippen LogP contribution in [0.15, 0.2) is 0 Å². The molecule has 4 heteroatoms. The summed E-state index contributed by atoms with van der Waals surface area (Å²) in [6.45, 7) is 9.79. The Balaban J connectivity index is 0. The SMILES string of the molecule is CCCCCC(=O)OCCN(CC)CC.O. The second kappa shape index (κ2) is 12.5. The van der Waals surface area contributed by atoms with E-state index in [0.717, 1.165) is 38.9 Å². The van der Waals surface area contributed by atoms with E-state index in [1.54, 1.807) is 0 Å². The summed E-state index contributed by atoms with van der Waals surface area (Å²) in [6, 6.07) is 0. The first kappa shape index (κ1) is 17.8. The van der Waals surface area contributed by atoms with Crippen molar-refractivity contribution in [3.05, 3.63) is 0 Å². The lowest BCUT2D eigenvalue weighted by Gasteiger charge is -2.17. The van der Waals surface area contributed by atoms with Crippen molar-refractivity contribution in [1.82, 2.24) is 4.90 Å². The van der Waals surface area contributed by atoms with E-state index in [0.29, 0.717) is 13.0 Å². The molecule has 4 nitrogen and oxygen atoms in total. The maximum absolute atomic E-state index is 11.2. The van der Waals surface area contributed by atoms with Gasteiger partial charge in [-0.1, -0.05) is 33.6 Å². The van der Waals surface area contributed by atoms with Crippen molar-refractivity contribution in [2.75, 3.05) is 26.2 Å². The molecule has 2 N–H and O–H groups in total. The summed E-state index contributed by atoms with van der Waals surface area (Å²) in [5, 5.41) is 0. The van der Waals surface area contributed by atoms with Crippen LogP contribution in [-0.2, 0) is 9.53 Å². The molecule has 16 heavy (non-hydrogen) atoms. The lowest BCUT2D eigenvalue weighted by Crippen LogP contribution is -2.27. The first-order valence-corrected chi connectivity index (χ1v) is 6.12. The minimum absolute atomic E-state index is 0. The Kier molecular flexibility index (Phi) is 13.8. The van der Waals surface area contributed by atoms with Crippen LogP contribution in [0.5, 0.6) is 0 Å². The zero-order valence-corrected chi connectivity index (χ0v) is 10.9. The zero-order valence-electron chi connectivity index (χ0n) is 10.9. The first-order chi connectivity index (χ1) is 7.24. The molecule has 98 valence electrons. The third kappa shape index (κ3) is 9.93. The molecule has 0 spiro atoms. The Hall–Kier alpha value is -0.610. The molecule has 0 aromatic carbocycles. The molecule has 0 aromatic heterocycles.